The highest BCUT2D eigenvalue weighted by molar-refractivity contribution is 7.09. The summed E-state index contributed by atoms with van der Waals surface area (Å²) in [6.07, 6.45) is 5.09. The number of nitrogens with two attached hydrogens (primary N) is 1. The number of aromatic nitrogens is 1. The fourth-order valence-corrected chi connectivity index (χ4v) is 4.67. The molecule has 112 valence electrons. The molecule has 2 aliphatic heterocycles. The maximum absolute atomic E-state index is 6.22. The average Bonchev–Trinajstić information content (AvgIpc) is 2.90. The summed E-state index contributed by atoms with van der Waals surface area (Å²) in [5.41, 5.74) is 7.57. The largest absolute Gasteiger partial charge is 0.329 e. The third-order valence-corrected chi connectivity index (χ3v) is 6.29. The van der Waals surface area contributed by atoms with Crippen LogP contribution in [0, 0.1) is 6.92 Å². The summed E-state index contributed by atoms with van der Waals surface area (Å²) in [6.45, 7) is 3.75. The summed E-state index contributed by atoms with van der Waals surface area (Å²) in [5.74, 6) is 0. The van der Waals surface area contributed by atoms with Crippen LogP contribution in [0.2, 0.25) is 0 Å². The summed E-state index contributed by atoms with van der Waals surface area (Å²) < 4.78 is 0. The van der Waals surface area contributed by atoms with E-state index in [2.05, 4.69) is 41.2 Å². The standard InChI is InChI=1S/C15H26N4S/c1-11-17-12(9-20-11)8-18(2)15(10-16)6-13-4-5-14(7-15)19(13)3/h9,13-14H,4-8,10,16H2,1-3H3. The van der Waals surface area contributed by atoms with Gasteiger partial charge in [-0.15, -0.1) is 11.3 Å². The van der Waals surface area contributed by atoms with E-state index >= 15 is 0 Å². The average molecular weight is 294 g/mol. The predicted molar refractivity (Wildman–Crippen MR) is 83.9 cm³/mol. The molecule has 2 aliphatic rings. The van der Waals surface area contributed by atoms with Gasteiger partial charge in [0.2, 0.25) is 0 Å². The van der Waals surface area contributed by atoms with E-state index in [0.717, 1.165) is 30.2 Å². The second-order valence-corrected chi connectivity index (χ2v) is 7.66. The number of likely N-dealkylation sites (N-methyl/N-ethyl adjacent to an activating group) is 1. The Labute approximate surface area is 126 Å². The number of rotatable bonds is 4. The Morgan fingerprint density at radius 3 is 2.60 bits per heavy atom. The third-order valence-electron chi connectivity index (χ3n) is 5.47. The van der Waals surface area contributed by atoms with Crippen LogP contribution in [-0.4, -0.2) is 53.0 Å². The molecule has 20 heavy (non-hydrogen) atoms. The van der Waals surface area contributed by atoms with Crippen molar-refractivity contribution < 1.29 is 0 Å². The van der Waals surface area contributed by atoms with E-state index in [0.29, 0.717) is 0 Å². The van der Waals surface area contributed by atoms with Crippen LogP contribution in [0.4, 0.5) is 0 Å². The molecule has 2 saturated heterocycles. The van der Waals surface area contributed by atoms with E-state index in [1.54, 1.807) is 11.3 Å². The first-order chi connectivity index (χ1) is 9.54. The number of fused-ring (bicyclic) bond motifs is 2. The highest BCUT2D eigenvalue weighted by Gasteiger charge is 2.48. The van der Waals surface area contributed by atoms with Gasteiger partial charge >= 0.3 is 0 Å². The lowest BCUT2D eigenvalue weighted by molar-refractivity contribution is 0.0112. The van der Waals surface area contributed by atoms with Gasteiger partial charge in [0.15, 0.2) is 0 Å². The van der Waals surface area contributed by atoms with Crippen LogP contribution in [0.1, 0.15) is 36.4 Å². The number of piperidine rings is 1. The normalized spacial score (nSPS) is 34.0. The minimum atomic E-state index is 0.163. The third kappa shape index (κ3) is 2.41. The molecule has 1 aromatic rings. The van der Waals surface area contributed by atoms with Gasteiger partial charge in [0.05, 0.1) is 10.7 Å². The molecule has 0 aliphatic carbocycles. The van der Waals surface area contributed by atoms with E-state index in [9.17, 15) is 0 Å². The van der Waals surface area contributed by atoms with Gasteiger partial charge < -0.3 is 10.6 Å². The zero-order valence-electron chi connectivity index (χ0n) is 12.8. The molecule has 0 spiro atoms. The summed E-state index contributed by atoms with van der Waals surface area (Å²) in [5, 5.41) is 3.33. The Balaban J connectivity index is 1.75. The van der Waals surface area contributed by atoms with Gasteiger partial charge in [-0.05, 0) is 46.7 Å². The fourth-order valence-electron chi connectivity index (χ4n) is 4.07. The Morgan fingerprint density at radius 1 is 1.45 bits per heavy atom. The summed E-state index contributed by atoms with van der Waals surface area (Å²) in [4.78, 5) is 9.66. The highest BCUT2D eigenvalue weighted by Crippen LogP contribution is 2.42. The van der Waals surface area contributed by atoms with Crippen molar-refractivity contribution in [3.8, 4) is 0 Å². The van der Waals surface area contributed by atoms with Gasteiger partial charge in [0.1, 0.15) is 0 Å². The van der Waals surface area contributed by atoms with E-state index < -0.39 is 0 Å². The monoisotopic (exact) mass is 294 g/mol. The minimum Gasteiger partial charge on any atom is -0.329 e. The van der Waals surface area contributed by atoms with Crippen LogP contribution in [0.3, 0.4) is 0 Å². The lowest BCUT2D eigenvalue weighted by atomic mass is 9.81. The Hall–Kier alpha value is -0.490. The van der Waals surface area contributed by atoms with Crippen molar-refractivity contribution >= 4 is 11.3 Å². The van der Waals surface area contributed by atoms with Gasteiger partial charge in [-0.3, -0.25) is 4.90 Å². The maximum Gasteiger partial charge on any atom is 0.0897 e. The number of hydrogen-bond acceptors (Lipinski definition) is 5. The van der Waals surface area contributed by atoms with Crippen molar-refractivity contribution in [3.63, 3.8) is 0 Å². The molecule has 0 aromatic carbocycles. The van der Waals surface area contributed by atoms with E-state index in [4.69, 9.17) is 5.73 Å². The predicted octanol–water partition coefficient (Wildman–Crippen LogP) is 1.84. The van der Waals surface area contributed by atoms with E-state index in [1.165, 1.54) is 31.4 Å². The SMILES string of the molecule is Cc1nc(CN(C)C2(CN)CC3CCC(C2)N3C)cs1. The molecule has 2 unspecified atom stereocenters. The summed E-state index contributed by atoms with van der Waals surface area (Å²) in [7, 11) is 4.51. The van der Waals surface area contributed by atoms with Gasteiger partial charge in [-0.1, -0.05) is 0 Å². The fraction of sp³-hybridized carbons (Fsp3) is 0.800. The van der Waals surface area contributed by atoms with Gasteiger partial charge in [-0.2, -0.15) is 0 Å². The Bertz CT molecular complexity index is 458. The molecule has 2 bridgehead atoms. The molecule has 3 rings (SSSR count). The van der Waals surface area contributed by atoms with Crippen molar-refractivity contribution in [3.05, 3.63) is 16.1 Å². The Morgan fingerprint density at radius 2 is 2.10 bits per heavy atom. The molecule has 2 N–H and O–H groups in total. The van der Waals surface area contributed by atoms with Crippen molar-refractivity contribution in [2.75, 3.05) is 20.6 Å². The van der Waals surface area contributed by atoms with Crippen LogP contribution >= 0.6 is 11.3 Å². The first kappa shape index (κ1) is 14.4. The lowest BCUT2D eigenvalue weighted by Gasteiger charge is -2.49. The van der Waals surface area contributed by atoms with Crippen LogP contribution in [0.5, 0.6) is 0 Å². The molecule has 2 fully saturated rings. The molecule has 5 heteroatoms. The second kappa shape index (κ2) is 5.37. The van der Waals surface area contributed by atoms with E-state index in [-0.39, 0.29) is 5.54 Å². The van der Waals surface area contributed by atoms with Crippen molar-refractivity contribution in [1.82, 2.24) is 14.8 Å². The van der Waals surface area contributed by atoms with Crippen molar-refractivity contribution in [2.24, 2.45) is 5.73 Å². The molecule has 0 amide bonds. The smallest absolute Gasteiger partial charge is 0.0897 e. The van der Waals surface area contributed by atoms with Crippen molar-refractivity contribution in [2.45, 2.75) is 56.8 Å². The maximum atomic E-state index is 6.22. The minimum absolute atomic E-state index is 0.163. The first-order valence-corrected chi connectivity index (χ1v) is 8.46. The van der Waals surface area contributed by atoms with Gasteiger partial charge in [0.25, 0.3) is 0 Å². The lowest BCUT2D eigenvalue weighted by Crippen LogP contribution is -2.60. The van der Waals surface area contributed by atoms with Gasteiger partial charge in [-0.25, -0.2) is 4.98 Å². The van der Waals surface area contributed by atoms with Crippen LogP contribution < -0.4 is 5.73 Å². The molecular formula is C15H26N4S. The van der Waals surface area contributed by atoms with Crippen LogP contribution in [-0.2, 0) is 6.54 Å². The number of hydrogen-bond donors (Lipinski definition) is 1. The van der Waals surface area contributed by atoms with Gasteiger partial charge in [0, 0.05) is 36.1 Å². The topological polar surface area (TPSA) is 45.4 Å². The first-order valence-electron chi connectivity index (χ1n) is 7.58. The summed E-state index contributed by atoms with van der Waals surface area (Å²) in [6, 6.07) is 1.44. The number of aryl methyl sites for hydroxylation is 1. The number of thiazole rings is 1. The number of nitrogens with zero attached hydrogens (tertiary/aromatic N) is 3. The summed E-state index contributed by atoms with van der Waals surface area (Å²) >= 11 is 1.74. The molecule has 2 atom stereocenters. The molecule has 0 radical (unpaired) electrons. The highest BCUT2D eigenvalue weighted by atomic mass is 32.1. The molecular weight excluding hydrogens is 268 g/mol. The second-order valence-electron chi connectivity index (χ2n) is 6.60. The zero-order chi connectivity index (χ0) is 14.3. The van der Waals surface area contributed by atoms with Crippen LogP contribution in [0.15, 0.2) is 5.38 Å². The Kier molecular flexibility index (Phi) is 3.88. The quantitative estimate of drug-likeness (QED) is 0.920. The van der Waals surface area contributed by atoms with E-state index in [1.807, 2.05) is 0 Å². The van der Waals surface area contributed by atoms with Crippen molar-refractivity contribution in [1.29, 1.82) is 0 Å². The zero-order valence-corrected chi connectivity index (χ0v) is 13.6. The van der Waals surface area contributed by atoms with Crippen LogP contribution in [0.25, 0.3) is 0 Å². The molecule has 1 aromatic heterocycles. The molecule has 3 heterocycles. The molecule has 0 saturated carbocycles. The molecule has 4 nitrogen and oxygen atoms in total.